The lowest BCUT2D eigenvalue weighted by molar-refractivity contribution is -0.141. The van der Waals surface area contributed by atoms with Gasteiger partial charge in [-0.05, 0) is 61.1 Å². The molecule has 2 aliphatic rings. The van der Waals surface area contributed by atoms with Gasteiger partial charge < -0.3 is 5.11 Å². The van der Waals surface area contributed by atoms with Crippen LogP contribution in [0.1, 0.15) is 51.0 Å². The van der Waals surface area contributed by atoms with Crippen LogP contribution < -0.4 is 0 Å². The fraction of sp³-hybridized carbons (Fsp3) is 0.611. The highest BCUT2D eigenvalue weighted by Gasteiger charge is 2.52. The van der Waals surface area contributed by atoms with Crippen molar-refractivity contribution in [2.24, 2.45) is 17.8 Å². The number of halogens is 1. The third-order valence-corrected chi connectivity index (χ3v) is 5.76. The zero-order chi connectivity index (χ0) is 15.0. The molecule has 0 radical (unpaired) electrons. The van der Waals surface area contributed by atoms with E-state index in [9.17, 15) is 14.3 Å². The van der Waals surface area contributed by atoms with Crippen molar-refractivity contribution in [1.29, 1.82) is 0 Å². The predicted octanol–water partition coefficient (Wildman–Crippen LogP) is 4.38. The summed E-state index contributed by atoms with van der Waals surface area (Å²) < 4.78 is 13.3. The van der Waals surface area contributed by atoms with Gasteiger partial charge in [0.1, 0.15) is 5.82 Å². The van der Waals surface area contributed by atoms with Crippen molar-refractivity contribution in [2.75, 3.05) is 0 Å². The average Bonchev–Trinajstić information content (AvgIpc) is 2.40. The number of hydrogen-bond donors (Lipinski definition) is 1. The van der Waals surface area contributed by atoms with Crippen molar-refractivity contribution in [3.8, 4) is 0 Å². The number of aliphatic carboxylic acids is 1. The number of fused-ring (bicyclic) bond motifs is 2. The maximum Gasteiger partial charge on any atom is 0.304 e. The topological polar surface area (TPSA) is 37.3 Å². The quantitative estimate of drug-likeness (QED) is 0.896. The second-order valence-electron chi connectivity index (χ2n) is 7.02. The molecule has 114 valence electrons. The molecule has 1 N–H and O–H groups in total. The van der Waals surface area contributed by atoms with Crippen LogP contribution in [0, 0.1) is 23.6 Å². The Kier molecular flexibility index (Phi) is 3.76. The number of carbonyl (C=O) groups is 1. The number of carboxylic acids is 1. The minimum atomic E-state index is -0.731. The summed E-state index contributed by atoms with van der Waals surface area (Å²) in [6.45, 7) is 2.28. The molecule has 2 unspecified atom stereocenters. The first kappa shape index (κ1) is 14.6. The molecule has 0 aliphatic heterocycles. The highest BCUT2D eigenvalue weighted by Crippen LogP contribution is 2.57. The van der Waals surface area contributed by atoms with E-state index >= 15 is 0 Å². The molecular formula is C18H23FO2. The number of benzene rings is 1. The van der Waals surface area contributed by atoms with Gasteiger partial charge in [-0.3, -0.25) is 4.79 Å². The van der Waals surface area contributed by atoms with Gasteiger partial charge in [0.2, 0.25) is 0 Å². The molecule has 2 aliphatic carbocycles. The molecule has 3 rings (SSSR count). The summed E-state index contributed by atoms with van der Waals surface area (Å²) in [4.78, 5) is 11.6. The molecule has 2 saturated carbocycles. The highest BCUT2D eigenvalue weighted by atomic mass is 19.1. The lowest BCUT2D eigenvalue weighted by atomic mass is 9.49. The van der Waals surface area contributed by atoms with Crippen LogP contribution in [0.3, 0.4) is 0 Å². The van der Waals surface area contributed by atoms with Crippen molar-refractivity contribution in [1.82, 2.24) is 0 Å². The van der Waals surface area contributed by atoms with E-state index in [4.69, 9.17) is 0 Å². The maximum atomic E-state index is 13.3. The molecule has 1 aromatic carbocycles. The first-order valence-electron chi connectivity index (χ1n) is 8.00. The summed E-state index contributed by atoms with van der Waals surface area (Å²) in [6.07, 6.45) is 5.78. The van der Waals surface area contributed by atoms with Gasteiger partial charge in [0, 0.05) is 5.41 Å². The van der Waals surface area contributed by atoms with Gasteiger partial charge in [-0.1, -0.05) is 25.5 Å². The maximum absolute atomic E-state index is 13.3. The zero-order valence-corrected chi connectivity index (χ0v) is 12.5. The minimum Gasteiger partial charge on any atom is -0.481 e. The molecular weight excluding hydrogens is 267 g/mol. The molecule has 0 amide bonds. The van der Waals surface area contributed by atoms with Crippen LogP contribution in [-0.4, -0.2) is 11.1 Å². The summed E-state index contributed by atoms with van der Waals surface area (Å²) in [6, 6.07) is 6.60. The van der Waals surface area contributed by atoms with Crippen LogP contribution in [-0.2, 0) is 10.2 Å². The summed E-state index contributed by atoms with van der Waals surface area (Å²) in [7, 11) is 0. The molecule has 0 heterocycles. The Balaban J connectivity index is 2.08. The molecule has 2 fully saturated rings. The summed E-state index contributed by atoms with van der Waals surface area (Å²) in [5, 5.41) is 9.49. The highest BCUT2D eigenvalue weighted by molar-refractivity contribution is 5.69. The van der Waals surface area contributed by atoms with Gasteiger partial charge in [0.05, 0.1) is 6.42 Å². The summed E-state index contributed by atoms with van der Waals surface area (Å²) >= 11 is 0. The van der Waals surface area contributed by atoms with Crippen molar-refractivity contribution < 1.29 is 14.3 Å². The van der Waals surface area contributed by atoms with E-state index in [1.165, 1.54) is 18.6 Å². The third kappa shape index (κ3) is 2.47. The van der Waals surface area contributed by atoms with Crippen molar-refractivity contribution in [2.45, 2.75) is 50.9 Å². The minimum absolute atomic E-state index is 0.181. The van der Waals surface area contributed by atoms with Gasteiger partial charge >= 0.3 is 5.97 Å². The van der Waals surface area contributed by atoms with Crippen LogP contribution in [0.4, 0.5) is 4.39 Å². The van der Waals surface area contributed by atoms with Crippen LogP contribution >= 0.6 is 0 Å². The molecule has 2 bridgehead atoms. The van der Waals surface area contributed by atoms with E-state index in [1.807, 2.05) is 12.1 Å². The molecule has 2 nitrogen and oxygen atoms in total. The predicted molar refractivity (Wildman–Crippen MR) is 79.6 cm³/mol. The molecule has 2 atom stereocenters. The van der Waals surface area contributed by atoms with Gasteiger partial charge in [0.15, 0.2) is 0 Å². The summed E-state index contributed by atoms with van der Waals surface area (Å²) in [5.41, 5.74) is 0.748. The summed E-state index contributed by atoms with van der Waals surface area (Å²) in [5.74, 6) is 0.523. The smallest absolute Gasteiger partial charge is 0.304 e. The molecule has 3 heteroatoms. The largest absolute Gasteiger partial charge is 0.481 e. The van der Waals surface area contributed by atoms with Crippen LogP contribution in [0.15, 0.2) is 24.3 Å². The Hall–Kier alpha value is -1.38. The van der Waals surface area contributed by atoms with E-state index in [0.29, 0.717) is 17.8 Å². The fourth-order valence-electron chi connectivity index (χ4n) is 5.06. The Morgan fingerprint density at radius 3 is 2.33 bits per heavy atom. The van der Waals surface area contributed by atoms with Gasteiger partial charge in [-0.25, -0.2) is 4.39 Å². The molecule has 0 saturated heterocycles. The zero-order valence-electron chi connectivity index (χ0n) is 12.5. The van der Waals surface area contributed by atoms with Crippen molar-refractivity contribution in [3.63, 3.8) is 0 Å². The Morgan fingerprint density at radius 1 is 1.24 bits per heavy atom. The lowest BCUT2D eigenvalue weighted by Gasteiger charge is -2.55. The Labute approximate surface area is 125 Å². The Bertz CT molecular complexity index is 509. The molecule has 1 aromatic rings. The van der Waals surface area contributed by atoms with Crippen LogP contribution in [0.25, 0.3) is 0 Å². The standard InChI is InChI=1S/C18H23FO2/c1-12-9-14-3-2-4-15(10-12)18(14,11-17(20)21)13-5-7-16(19)8-6-13/h5-8,12,14-15H,2-4,9-11H2,1H3,(H,20,21). The number of rotatable bonds is 3. The van der Waals surface area contributed by atoms with Crippen LogP contribution in [0.5, 0.6) is 0 Å². The van der Waals surface area contributed by atoms with E-state index in [2.05, 4.69) is 6.92 Å². The number of carboxylic acid groups (broad SMARTS) is 1. The first-order valence-corrected chi connectivity index (χ1v) is 8.00. The van der Waals surface area contributed by atoms with E-state index in [-0.39, 0.29) is 17.7 Å². The molecule has 0 spiro atoms. The first-order chi connectivity index (χ1) is 10.0. The Morgan fingerprint density at radius 2 is 1.81 bits per heavy atom. The van der Waals surface area contributed by atoms with E-state index < -0.39 is 5.97 Å². The van der Waals surface area contributed by atoms with Crippen molar-refractivity contribution >= 4 is 5.97 Å². The lowest BCUT2D eigenvalue weighted by Crippen LogP contribution is -2.51. The van der Waals surface area contributed by atoms with Gasteiger partial charge in [0.25, 0.3) is 0 Å². The monoisotopic (exact) mass is 290 g/mol. The fourth-order valence-corrected chi connectivity index (χ4v) is 5.06. The normalized spacial score (nSPS) is 35.4. The second kappa shape index (κ2) is 5.43. The van der Waals surface area contributed by atoms with Gasteiger partial charge in [-0.15, -0.1) is 0 Å². The van der Waals surface area contributed by atoms with E-state index in [1.54, 1.807) is 0 Å². The second-order valence-corrected chi connectivity index (χ2v) is 7.02. The molecule has 21 heavy (non-hydrogen) atoms. The SMILES string of the molecule is CC1CC2CCCC(C1)C2(CC(=O)O)c1ccc(F)cc1. The molecule has 0 aromatic heterocycles. The van der Waals surface area contributed by atoms with E-state index in [0.717, 1.165) is 31.2 Å². The average molecular weight is 290 g/mol. The number of hydrogen-bond acceptors (Lipinski definition) is 1. The third-order valence-electron chi connectivity index (χ3n) is 5.76. The van der Waals surface area contributed by atoms with Crippen LogP contribution in [0.2, 0.25) is 0 Å². The van der Waals surface area contributed by atoms with Crippen molar-refractivity contribution in [3.05, 3.63) is 35.6 Å². The van der Waals surface area contributed by atoms with Gasteiger partial charge in [-0.2, -0.15) is 0 Å².